The maximum absolute atomic E-state index is 11.9. The standard InChI is InChI=1S/C14H17N3O4/c1-3-12-14(19)15-6-7-16(12)10-4-5-13(17(20)21)11(8-10)9(2)18/h4-5,8,12H,3,6-7H2,1-2H3,(H,15,19). The molecule has 0 bridgehead atoms. The third-order valence-electron chi connectivity index (χ3n) is 3.61. The Labute approximate surface area is 122 Å². The van der Waals surface area contributed by atoms with Gasteiger partial charge in [-0.2, -0.15) is 0 Å². The third kappa shape index (κ3) is 2.86. The largest absolute Gasteiger partial charge is 0.358 e. The van der Waals surface area contributed by atoms with E-state index in [2.05, 4.69) is 5.32 Å². The average molecular weight is 291 g/mol. The fourth-order valence-corrected chi connectivity index (χ4v) is 2.57. The Bertz CT molecular complexity index is 600. The van der Waals surface area contributed by atoms with Gasteiger partial charge in [-0.1, -0.05) is 6.92 Å². The van der Waals surface area contributed by atoms with Crippen LogP contribution in [0.2, 0.25) is 0 Å². The van der Waals surface area contributed by atoms with Gasteiger partial charge in [0.1, 0.15) is 6.04 Å². The molecular formula is C14H17N3O4. The topological polar surface area (TPSA) is 92.6 Å². The van der Waals surface area contributed by atoms with Crippen molar-refractivity contribution in [1.82, 2.24) is 5.32 Å². The van der Waals surface area contributed by atoms with Crippen LogP contribution in [-0.4, -0.2) is 35.7 Å². The quantitative estimate of drug-likeness (QED) is 0.515. The first kappa shape index (κ1) is 15.0. The van der Waals surface area contributed by atoms with Gasteiger partial charge in [0.2, 0.25) is 5.91 Å². The summed E-state index contributed by atoms with van der Waals surface area (Å²) < 4.78 is 0. The number of hydrogen-bond donors (Lipinski definition) is 1. The van der Waals surface area contributed by atoms with Crippen LogP contribution in [-0.2, 0) is 4.79 Å². The summed E-state index contributed by atoms with van der Waals surface area (Å²) in [4.78, 5) is 35.8. The normalized spacial score (nSPS) is 18.3. The molecule has 1 amide bonds. The average Bonchev–Trinajstić information content (AvgIpc) is 2.46. The lowest BCUT2D eigenvalue weighted by Gasteiger charge is -2.36. The molecule has 1 aliphatic rings. The summed E-state index contributed by atoms with van der Waals surface area (Å²) in [6.45, 7) is 4.33. The van der Waals surface area contributed by atoms with E-state index in [9.17, 15) is 19.7 Å². The van der Waals surface area contributed by atoms with Gasteiger partial charge in [0.15, 0.2) is 5.78 Å². The van der Waals surface area contributed by atoms with Crippen molar-refractivity contribution in [2.75, 3.05) is 18.0 Å². The highest BCUT2D eigenvalue weighted by Gasteiger charge is 2.29. The number of rotatable bonds is 4. The van der Waals surface area contributed by atoms with Crippen molar-refractivity contribution in [3.05, 3.63) is 33.9 Å². The van der Waals surface area contributed by atoms with E-state index in [1.54, 1.807) is 6.07 Å². The first-order valence-corrected chi connectivity index (χ1v) is 6.79. The molecule has 1 atom stereocenters. The van der Waals surface area contributed by atoms with Crippen LogP contribution in [0.1, 0.15) is 30.6 Å². The molecule has 112 valence electrons. The molecule has 0 aromatic heterocycles. The zero-order valence-corrected chi connectivity index (χ0v) is 12.0. The molecule has 1 heterocycles. The van der Waals surface area contributed by atoms with Crippen LogP contribution in [0.5, 0.6) is 0 Å². The van der Waals surface area contributed by atoms with Crippen molar-refractivity contribution in [2.24, 2.45) is 0 Å². The number of benzene rings is 1. The minimum absolute atomic E-state index is 0.0634. The van der Waals surface area contributed by atoms with Crippen molar-refractivity contribution in [3.8, 4) is 0 Å². The molecule has 1 aromatic carbocycles. The summed E-state index contributed by atoms with van der Waals surface area (Å²) in [5, 5.41) is 13.8. The molecule has 1 saturated heterocycles. The van der Waals surface area contributed by atoms with Crippen LogP contribution in [0, 0.1) is 10.1 Å². The number of anilines is 1. The maximum Gasteiger partial charge on any atom is 0.280 e. The van der Waals surface area contributed by atoms with Gasteiger partial charge in [-0.15, -0.1) is 0 Å². The molecule has 1 aliphatic heterocycles. The minimum Gasteiger partial charge on any atom is -0.358 e. The van der Waals surface area contributed by atoms with E-state index >= 15 is 0 Å². The second-order valence-corrected chi connectivity index (χ2v) is 4.92. The highest BCUT2D eigenvalue weighted by Crippen LogP contribution is 2.28. The van der Waals surface area contributed by atoms with E-state index in [-0.39, 0.29) is 29.0 Å². The number of carbonyl (C=O) groups is 2. The van der Waals surface area contributed by atoms with Gasteiger partial charge < -0.3 is 10.2 Å². The number of amides is 1. The number of ketones is 1. The Balaban J connectivity index is 2.44. The van der Waals surface area contributed by atoms with E-state index < -0.39 is 4.92 Å². The van der Waals surface area contributed by atoms with Gasteiger partial charge in [-0.3, -0.25) is 19.7 Å². The summed E-state index contributed by atoms with van der Waals surface area (Å²) in [7, 11) is 0. The van der Waals surface area contributed by atoms with Gasteiger partial charge in [-0.25, -0.2) is 0 Å². The monoisotopic (exact) mass is 291 g/mol. The number of nitrogens with zero attached hydrogens (tertiary/aromatic N) is 2. The molecule has 2 rings (SSSR count). The zero-order valence-electron chi connectivity index (χ0n) is 12.0. The van der Waals surface area contributed by atoms with Crippen LogP contribution in [0.3, 0.4) is 0 Å². The summed E-state index contributed by atoms with van der Waals surface area (Å²) in [5.74, 6) is -0.426. The summed E-state index contributed by atoms with van der Waals surface area (Å²) >= 11 is 0. The summed E-state index contributed by atoms with van der Waals surface area (Å²) in [6, 6.07) is 4.10. The predicted octanol–water partition coefficient (Wildman–Crippen LogP) is 1.51. The Morgan fingerprint density at radius 1 is 1.52 bits per heavy atom. The Morgan fingerprint density at radius 3 is 2.81 bits per heavy atom. The number of nitrogens with one attached hydrogen (secondary N) is 1. The number of nitro benzene ring substituents is 1. The van der Waals surface area contributed by atoms with Crippen LogP contribution in [0.25, 0.3) is 0 Å². The molecular weight excluding hydrogens is 274 g/mol. The van der Waals surface area contributed by atoms with Gasteiger partial charge >= 0.3 is 0 Å². The van der Waals surface area contributed by atoms with E-state index in [1.807, 2.05) is 11.8 Å². The maximum atomic E-state index is 11.9. The van der Waals surface area contributed by atoms with Crippen molar-refractivity contribution in [1.29, 1.82) is 0 Å². The molecule has 7 nitrogen and oxygen atoms in total. The molecule has 0 spiro atoms. The Morgan fingerprint density at radius 2 is 2.24 bits per heavy atom. The number of Topliss-reactive ketones (excluding diaryl/α,β-unsaturated/α-hetero) is 1. The van der Waals surface area contributed by atoms with Gasteiger partial charge in [0.05, 0.1) is 10.5 Å². The molecule has 0 radical (unpaired) electrons. The predicted molar refractivity (Wildman–Crippen MR) is 77.5 cm³/mol. The van der Waals surface area contributed by atoms with E-state index in [0.29, 0.717) is 25.2 Å². The molecule has 1 aromatic rings. The van der Waals surface area contributed by atoms with Crippen molar-refractivity contribution in [2.45, 2.75) is 26.3 Å². The van der Waals surface area contributed by atoms with Gasteiger partial charge in [0, 0.05) is 24.8 Å². The number of piperazine rings is 1. The number of carbonyl (C=O) groups excluding carboxylic acids is 2. The molecule has 0 aliphatic carbocycles. The highest BCUT2D eigenvalue weighted by atomic mass is 16.6. The number of nitro groups is 1. The van der Waals surface area contributed by atoms with Crippen molar-refractivity contribution >= 4 is 23.1 Å². The number of hydrogen-bond acceptors (Lipinski definition) is 5. The lowest BCUT2D eigenvalue weighted by atomic mass is 10.0. The lowest BCUT2D eigenvalue weighted by molar-refractivity contribution is -0.385. The first-order chi connectivity index (χ1) is 9.95. The van der Waals surface area contributed by atoms with Crippen LogP contribution >= 0.6 is 0 Å². The van der Waals surface area contributed by atoms with Gasteiger partial charge in [-0.05, 0) is 25.5 Å². The van der Waals surface area contributed by atoms with Crippen molar-refractivity contribution < 1.29 is 14.5 Å². The minimum atomic E-state index is -0.569. The third-order valence-corrected chi connectivity index (χ3v) is 3.61. The lowest BCUT2D eigenvalue weighted by Crippen LogP contribution is -2.55. The first-order valence-electron chi connectivity index (χ1n) is 6.79. The van der Waals surface area contributed by atoms with Crippen LogP contribution < -0.4 is 10.2 Å². The fraction of sp³-hybridized carbons (Fsp3) is 0.429. The summed E-state index contributed by atoms with van der Waals surface area (Å²) in [6.07, 6.45) is 0.623. The summed E-state index contributed by atoms with van der Waals surface area (Å²) in [5.41, 5.74) is 0.520. The Hall–Kier alpha value is -2.44. The van der Waals surface area contributed by atoms with E-state index in [0.717, 1.165) is 0 Å². The fourth-order valence-electron chi connectivity index (χ4n) is 2.57. The molecule has 7 heteroatoms. The Kier molecular flexibility index (Phi) is 4.21. The molecule has 21 heavy (non-hydrogen) atoms. The second-order valence-electron chi connectivity index (χ2n) is 4.92. The van der Waals surface area contributed by atoms with Crippen LogP contribution in [0.4, 0.5) is 11.4 Å². The molecule has 1 unspecified atom stereocenters. The van der Waals surface area contributed by atoms with Gasteiger partial charge in [0.25, 0.3) is 5.69 Å². The second kappa shape index (κ2) is 5.90. The zero-order chi connectivity index (χ0) is 15.6. The van der Waals surface area contributed by atoms with E-state index in [1.165, 1.54) is 19.1 Å². The van der Waals surface area contributed by atoms with Crippen LogP contribution in [0.15, 0.2) is 18.2 Å². The smallest absolute Gasteiger partial charge is 0.280 e. The highest BCUT2D eigenvalue weighted by molar-refractivity contribution is 5.99. The van der Waals surface area contributed by atoms with Crippen molar-refractivity contribution in [3.63, 3.8) is 0 Å². The van der Waals surface area contributed by atoms with E-state index in [4.69, 9.17) is 0 Å². The molecule has 0 saturated carbocycles. The molecule has 1 N–H and O–H groups in total. The molecule has 1 fully saturated rings. The SMILES string of the molecule is CCC1C(=O)NCCN1c1ccc([N+](=O)[O-])c(C(C)=O)c1.